The van der Waals surface area contributed by atoms with Gasteiger partial charge in [0.15, 0.2) is 0 Å². The molecule has 27 heavy (non-hydrogen) atoms. The Morgan fingerprint density at radius 1 is 1.07 bits per heavy atom. The molecular weight excluding hydrogens is 348 g/mol. The lowest BCUT2D eigenvalue weighted by atomic mass is 10.0. The first-order valence-corrected chi connectivity index (χ1v) is 9.13. The van der Waals surface area contributed by atoms with Crippen molar-refractivity contribution < 1.29 is 19.4 Å². The minimum atomic E-state index is -1.10. The minimum Gasteiger partial charge on any atom is -0.477 e. The van der Waals surface area contributed by atoms with Gasteiger partial charge in [-0.15, -0.1) is 0 Å². The second-order valence-electron chi connectivity index (χ2n) is 5.98. The first-order valence-electron chi connectivity index (χ1n) is 9.13. The Labute approximate surface area is 161 Å². The fourth-order valence-corrected chi connectivity index (χ4v) is 2.32. The number of nitrogens with two attached hydrogens (primary N) is 2. The highest BCUT2D eigenvalue weighted by Crippen LogP contribution is 2.15. The molecule has 0 aliphatic heterocycles. The lowest BCUT2D eigenvalue weighted by molar-refractivity contribution is -0.135. The molecule has 0 heterocycles. The van der Waals surface area contributed by atoms with Crippen LogP contribution < -0.4 is 11.5 Å². The van der Waals surface area contributed by atoms with Crippen LogP contribution >= 0.6 is 0 Å². The van der Waals surface area contributed by atoms with Crippen LogP contribution in [0.2, 0.25) is 0 Å². The zero-order valence-corrected chi connectivity index (χ0v) is 16.7. The van der Waals surface area contributed by atoms with Crippen molar-refractivity contribution >= 4 is 23.4 Å². The quantitative estimate of drug-likeness (QED) is 0.269. The summed E-state index contributed by atoms with van der Waals surface area (Å²) >= 11 is 0. The molecule has 152 valence electrons. The average Bonchev–Trinajstić information content (AvgIpc) is 2.58. The molecule has 8 heteroatoms. The number of rotatable bonds is 12. The van der Waals surface area contributed by atoms with Crippen LogP contribution in [0.4, 0.5) is 0 Å². The highest BCUT2D eigenvalue weighted by Gasteiger charge is 2.19. The van der Waals surface area contributed by atoms with E-state index in [0.717, 1.165) is 12.8 Å². The summed E-state index contributed by atoms with van der Waals surface area (Å²) in [5, 5.41) is 9.06. The maximum atomic E-state index is 12.1. The van der Waals surface area contributed by atoms with E-state index in [-0.39, 0.29) is 18.0 Å². The van der Waals surface area contributed by atoms with E-state index >= 15 is 0 Å². The number of aliphatic imine (C=N–C) groups is 2. The van der Waals surface area contributed by atoms with Gasteiger partial charge in [0.1, 0.15) is 11.4 Å². The molecule has 0 rings (SSSR count). The van der Waals surface area contributed by atoms with Crippen molar-refractivity contribution in [1.82, 2.24) is 0 Å². The van der Waals surface area contributed by atoms with Gasteiger partial charge in [-0.1, -0.05) is 6.42 Å². The smallest absolute Gasteiger partial charge is 0.356 e. The maximum absolute atomic E-state index is 12.1. The number of carbonyl (C=O) groups excluding carboxylic acids is 1. The Bertz CT molecular complexity index is 626. The zero-order chi connectivity index (χ0) is 20.8. The monoisotopic (exact) mass is 380 g/mol. The lowest BCUT2D eigenvalue weighted by Gasteiger charge is -2.12. The van der Waals surface area contributed by atoms with Gasteiger partial charge in [-0.2, -0.15) is 0 Å². The molecule has 0 aliphatic rings. The van der Waals surface area contributed by atoms with Crippen LogP contribution in [-0.4, -0.2) is 48.2 Å². The summed E-state index contributed by atoms with van der Waals surface area (Å²) in [7, 11) is 0. The predicted molar refractivity (Wildman–Crippen MR) is 108 cm³/mol. The molecule has 8 nitrogen and oxygen atoms in total. The summed E-state index contributed by atoms with van der Waals surface area (Å²) in [6.45, 7) is 8.07. The molecule has 5 N–H and O–H groups in total. The number of aliphatic carboxylic acids is 1. The molecule has 0 saturated heterocycles. The van der Waals surface area contributed by atoms with E-state index in [4.69, 9.17) is 21.3 Å². The zero-order valence-electron chi connectivity index (χ0n) is 16.7. The van der Waals surface area contributed by atoms with Gasteiger partial charge in [0, 0.05) is 30.1 Å². The SMILES string of the molecule is CCN=C(C(=O)OCC)/C(CCCCCN=C(/C=C(/C)N)C(=O)O)=C(/C)N. The van der Waals surface area contributed by atoms with Crippen molar-refractivity contribution in [2.45, 2.75) is 53.4 Å². The number of allylic oxidation sites excluding steroid dienone is 2. The standard InChI is InChI=1S/C19H32N4O4/c1-5-22-17(19(26)27-6-2)15(14(4)21)10-8-7-9-11-23-16(18(24)25)12-13(3)20/h12H,5-11,20-21H2,1-4H3,(H,24,25)/b13-12-,15-14-,22-17?,23-16?. The Hall–Kier alpha value is -2.64. The molecule has 0 fully saturated rings. The van der Waals surface area contributed by atoms with Gasteiger partial charge in [-0.25, -0.2) is 9.59 Å². The van der Waals surface area contributed by atoms with E-state index < -0.39 is 11.9 Å². The second-order valence-corrected chi connectivity index (χ2v) is 5.98. The number of unbranched alkanes of at least 4 members (excludes halogenated alkanes) is 2. The molecule has 0 aliphatic carbocycles. The topological polar surface area (TPSA) is 140 Å². The first kappa shape index (κ1) is 24.4. The Morgan fingerprint density at radius 2 is 1.74 bits per heavy atom. The number of carboxylic acids is 1. The van der Waals surface area contributed by atoms with Crippen LogP contribution in [-0.2, 0) is 14.3 Å². The number of carbonyl (C=O) groups is 2. The average molecular weight is 380 g/mol. The number of nitrogens with zero attached hydrogens (tertiary/aromatic N) is 2. The van der Waals surface area contributed by atoms with Crippen LogP contribution in [0.25, 0.3) is 0 Å². The fraction of sp³-hybridized carbons (Fsp3) is 0.579. The first-order chi connectivity index (χ1) is 12.7. The lowest BCUT2D eigenvalue weighted by Crippen LogP contribution is -2.23. The number of carboxylic acid groups (broad SMARTS) is 1. The number of esters is 1. The molecule has 0 saturated carbocycles. The molecule has 0 bridgehead atoms. The van der Waals surface area contributed by atoms with Crippen molar-refractivity contribution in [3.63, 3.8) is 0 Å². The number of hydrogen-bond acceptors (Lipinski definition) is 7. The van der Waals surface area contributed by atoms with Crippen LogP contribution in [0.15, 0.2) is 33.0 Å². The third-order valence-electron chi connectivity index (χ3n) is 3.50. The van der Waals surface area contributed by atoms with Crippen molar-refractivity contribution in [1.29, 1.82) is 0 Å². The van der Waals surface area contributed by atoms with Gasteiger partial charge in [0.25, 0.3) is 0 Å². The number of hydrogen-bond donors (Lipinski definition) is 3. The molecular formula is C19H32N4O4. The normalized spacial score (nSPS) is 14.0. The van der Waals surface area contributed by atoms with E-state index in [9.17, 15) is 9.59 Å². The summed E-state index contributed by atoms with van der Waals surface area (Å²) in [6, 6.07) is 0. The second kappa shape index (κ2) is 13.5. The van der Waals surface area contributed by atoms with Crippen molar-refractivity contribution in [3.05, 3.63) is 23.0 Å². The third kappa shape index (κ3) is 10.2. The molecule has 0 aromatic rings. The summed E-state index contributed by atoms with van der Waals surface area (Å²) in [5.74, 6) is -1.56. The molecule has 0 atom stereocenters. The Morgan fingerprint density at radius 3 is 2.22 bits per heavy atom. The molecule has 0 aromatic heterocycles. The summed E-state index contributed by atoms with van der Waals surface area (Å²) in [5.41, 5.74) is 13.3. The summed E-state index contributed by atoms with van der Waals surface area (Å²) < 4.78 is 5.06. The van der Waals surface area contributed by atoms with Crippen LogP contribution in [0.1, 0.15) is 53.4 Å². The third-order valence-corrected chi connectivity index (χ3v) is 3.50. The van der Waals surface area contributed by atoms with Crippen LogP contribution in [0, 0.1) is 0 Å². The van der Waals surface area contributed by atoms with E-state index in [2.05, 4.69) is 9.98 Å². The maximum Gasteiger partial charge on any atom is 0.356 e. The predicted octanol–water partition coefficient (Wildman–Crippen LogP) is 2.19. The molecule has 0 aromatic carbocycles. The molecule has 0 unspecified atom stereocenters. The van der Waals surface area contributed by atoms with Gasteiger partial charge in [0.05, 0.1) is 6.61 Å². The fourth-order valence-electron chi connectivity index (χ4n) is 2.32. The Balaban J connectivity index is 4.77. The van der Waals surface area contributed by atoms with Crippen molar-refractivity contribution in [2.24, 2.45) is 21.5 Å². The minimum absolute atomic E-state index is 0.0481. The Kier molecular flexibility index (Phi) is 12.2. The van der Waals surface area contributed by atoms with Gasteiger partial charge < -0.3 is 21.3 Å². The van der Waals surface area contributed by atoms with Gasteiger partial charge in [0.2, 0.25) is 0 Å². The van der Waals surface area contributed by atoms with E-state index in [1.807, 2.05) is 6.92 Å². The molecule has 0 radical (unpaired) electrons. The van der Waals surface area contributed by atoms with E-state index in [0.29, 0.717) is 42.9 Å². The van der Waals surface area contributed by atoms with Gasteiger partial charge >= 0.3 is 11.9 Å². The highest BCUT2D eigenvalue weighted by molar-refractivity contribution is 6.43. The van der Waals surface area contributed by atoms with Crippen LogP contribution in [0.3, 0.4) is 0 Å². The van der Waals surface area contributed by atoms with Gasteiger partial charge in [-0.05, 0) is 53.0 Å². The highest BCUT2D eigenvalue weighted by atomic mass is 16.5. The van der Waals surface area contributed by atoms with Crippen LogP contribution in [0.5, 0.6) is 0 Å². The summed E-state index contributed by atoms with van der Waals surface area (Å²) in [6.07, 6.45) is 4.23. The number of ether oxygens (including phenoxy) is 1. The largest absolute Gasteiger partial charge is 0.477 e. The van der Waals surface area contributed by atoms with Crippen molar-refractivity contribution in [2.75, 3.05) is 19.7 Å². The van der Waals surface area contributed by atoms with Gasteiger partial charge in [-0.3, -0.25) is 9.98 Å². The molecule has 0 amide bonds. The molecule has 0 spiro atoms. The van der Waals surface area contributed by atoms with E-state index in [1.54, 1.807) is 20.8 Å². The summed E-state index contributed by atoms with van der Waals surface area (Å²) in [4.78, 5) is 31.5. The van der Waals surface area contributed by atoms with Crippen molar-refractivity contribution in [3.8, 4) is 0 Å². The van der Waals surface area contributed by atoms with E-state index in [1.165, 1.54) is 6.08 Å².